The van der Waals surface area contributed by atoms with Crippen LogP contribution in [0.3, 0.4) is 0 Å². The first kappa shape index (κ1) is 11.2. The van der Waals surface area contributed by atoms with E-state index in [1.807, 2.05) is 0 Å². The molecule has 0 aliphatic rings. The molecule has 0 aliphatic carbocycles. The number of hydrogen-bond acceptors (Lipinski definition) is 4. The number of hydrogen-bond donors (Lipinski definition) is 2. The predicted molar refractivity (Wildman–Crippen MR) is 53.4 cm³/mol. The zero-order chi connectivity index (χ0) is 11.6. The third kappa shape index (κ3) is 2.52. The fraction of sp³-hybridized carbons (Fsp3) is 0.300. The molecule has 0 bridgehead atoms. The van der Waals surface area contributed by atoms with Crippen LogP contribution in [-0.4, -0.2) is 27.4 Å². The first-order chi connectivity index (χ1) is 6.91. The Hall–Kier alpha value is -1.91. The van der Waals surface area contributed by atoms with Crippen molar-refractivity contribution in [3.63, 3.8) is 0 Å². The van der Waals surface area contributed by atoms with Gasteiger partial charge in [0, 0.05) is 12.1 Å². The molecule has 0 heterocycles. The van der Waals surface area contributed by atoms with Gasteiger partial charge in [0.1, 0.15) is 0 Å². The molecule has 5 heteroatoms. The van der Waals surface area contributed by atoms with Gasteiger partial charge in [-0.3, -0.25) is 0 Å². The van der Waals surface area contributed by atoms with Gasteiger partial charge in [-0.1, -0.05) is 0 Å². The maximum absolute atomic E-state index is 11.4. The van der Waals surface area contributed by atoms with Gasteiger partial charge in [0.05, 0.1) is 11.7 Å². The van der Waals surface area contributed by atoms with Crippen molar-refractivity contribution in [2.75, 3.05) is 0 Å². The molecule has 1 aromatic carbocycles. The molecule has 0 aliphatic heterocycles. The quantitative estimate of drug-likeness (QED) is 0.568. The molecule has 1 rings (SSSR count). The molecule has 0 saturated carbocycles. The fourth-order valence-electron chi connectivity index (χ4n) is 1.01. The molecule has 0 atom stereocenters. The molecule has 15 heavy (non-hydrogen) atoms. The van der Waals surface area contributed by atoms with E-state index in [-0.39, 0.29) is 11.7 Å². The molecule has 0 fully saturated rings. The normalized spacial score (nSPS) is 10.3. The van der Waals surface area contributed by atoms with E-state index in [1.165, 1.54) is 0 Å². The first-order valence-electron chi connectivity index (χ1n) is 4.40. The highest BCUT2D eigenvalue weighted by Crippen LogP contribution is 2.35. The number of ether oxygens (including phenoxy) is 1. The van der Waals surface area contributed by atoms with Crippen molar-refractivity contribution in [2.24, 2.45) is 0 Å². The van der Waals surface area contributed by atoms with E-state index in [9.17, 15) is 15.0 Å². The van der Waals surface area contributed by atoms with Gasteiger partial charge in [0.25, 0.3) is 0 Å². The average molecular weight is 213 g/mol. The standard InChI is InChI=1S/C10H12O5/c1-5(2)15-10(14)6-3-7(11)9(13)8(12)4-6/h3-5,11-13H,1-2H3/p+1. The van der Waals surface area contributed by atoms with Crippen LogP contribution in [0.5, 0.6) is 17.2 Å². The highest BCUT2D eigenvalue weighted by atomic mass is 16.5. The lowest BCUT2D eigenvalue weighted by atomic mass is 10.2. The van der Waals surface area contributed by atoms with E-state index in [1.54, 1.807) is 13.8 Å². The van der Waals surface area contributed by atoms with E-state index in [0.29, 0.717) is 0 Å². The Labute approximate surface area is 86.5 Å². The van der Waals surface area contributed by atoms with Crippen LogP contribution in [0.25, 0.3) is 0 Å². The fourth-order valence-corrected chi connectivity index (χ4v) is 1.01. The van der Waals surface area contributed by atoms with Gasteiger partial charge < -0.3 is 20.1 Å². The summed E-state index contributed by atoms with van der Waals surface area (Å²) in [6.07, 6.45) is -0.280. The molecule has 0 aromatic heterocycles. The van der Waals surface area contributed by atoms with Crippen molar-refractivity contribution in [3.05, 3.63) is 17.7 Å². The summed E-state index contributed by atoms with van der Waals surface area (Å²) in [6.45, 7) is 3.38. The van der Waals surface area contributed by atoms with Crippen LogP contribution in [0.1, 0.15) is 24.2 Å². The minimum atomic E-state index is -0.643. The van der Waals surface area contributed by atoms with Gasteiger partial charge in [0.2, 0.25) is 11.5 Å². The van der Waals surface area contributed by atoms with Crippen LogP contribution in [0, 0.1) is 0 Å². The van der Waals surface area contributed by atoms with Gasteiger partial charge in [0.15, 0.2) is 0 Å². The molecule has 4 N–H and O–H groups in total. The number of carbonyl (C=O) groups excluding carboxylic acids is 1. The van der Waals surface area contributed by atoms with Crippen molar-refractivity contribution in [2.45, 2.75) is 20.0 Å². The lowest BCUT2D eigenvalue weighted by molar-refractivity contribution is 0.0377. The molecule has 5 nitrogen and oxygen atoms in total. The van der Waals surface area contributed by atoms with Crippen molar-refractivity contribution in [1.29, 1.82) is 0 Å². The summed E-state index contributed by atoms with van der Waals surface area (Å²) >= 11 is 0. The van der Waals surface area contributed by atoms with Crippen molar-refractivity contribution in [1.82, 2.24) is 0 Å². The van der Waals surface area contributed by atoms with Crippen LogP contribution < -0.4 is 0 Å². The van der Waals surface area contributed by atoms with Crippen molar-refractivity contribution in [3.8, 4) is 17.2 Å². The summed E-state index contributed by atoms with van der Waals surface area (Å²) in [4.78, 5) is 11.4. The molecule has 0 radical (unpaired) electrons. The molecule has 82 valence electrons. The summed E-state index contributed by atoms with van der Waals surface area (Å²) in [5.74, 6) is -1.96. The Kier molecular flexibility index (Phi) is 3.04. The molecular formula is C10H13O5+. The maximum Gasteiger partial charge on any atom is 0.339 e. The second-order valence-electron chi connectivity index (χ2n) is 3.34. The number of phenolic OH excluding ortho intramolecular Hbond substituents is 2. The van der Waals surface area contributed by atoms with Gasteiger partial charge in [-0.25, -0.2) is 4.79 Å². The Morgan fingerprint density at radius 2 is 1.80 bits per heavy atom. The maximum atomic E-state index is 11.4. The van der Waals surface area contributed by atoms with Crippen LogP contribution >= 0.6 is 0 Å². The van der Waals surface area contributed by atoms with Crippen LogP contribution in [0.4, 0.5) is 0 Å². The van der Waals surface area contributed by atoms with Gasteiger partial charge in [-0.05, 0) is 13.8 Å². The Bertz CT molecular complexity index is 360. The molecule has 1 aromatic rings. The van der Waals surface area contributed by atoms with E-state index in [2.05, 4.69) is 0 Å². The summed E-state index contributed by atoms with van der Waals surface area (Å²) in [5.41, 5.74) is 0.0229. The topological polar surface area (TPSA) is 89.7 Å². The second-order valence-corrected chi connectivity index (χ2v) is 3.34. The zero-order valence-electron chi connectivity index (χ0n) is 8.44. The Morgan fingerprint density at radius 1 is 1.33 bits per heavy atom. The summed E-state index contributed by atoms with van der Waals surface area (Å²) in [5, 5.41) is 25.6. The molecule has 0 unspecified atom stereocenters. The molecule has 0 amide bonds. The first-order valence-corrected chi connectivity index (χ1v) is 4.40. The third-order valence-corrected chi connectivity index (χ3v) is 1.68. The van der Waals surface area contributed by atoms with Crippen molar-refractivity contribution >= 4 is 5.97 Å². The monoisotopic (exact) mass is 213 g/mol. The number of benzene rings is 1. The highest BCUT2D eigenvalue weighted by Gasteiger charge is 2.18. The molecule has 0 spiro atoms. The Balaban J connectivity index is 3.01. The number of carbonyl (C=O) groups is 1. The van der Waals surface area contributed by atoms with Crippen LogP contribution in [0.2, 0.25) is 0 Å². The number of rotatable bonds is 2. The predicted octanol–water partition coefficient (Wildman–Crippen LogP) is 1.10. The van der Waals surface area contributed by atoms with Crippen molar-refractivity contribution < 1.29 is 24.9 Å². The second kappa shape index (κ2) is 4.08. The smallest absolute Gasteiger partial charge is 0.339 e. The Morgan fingerprint density at radius 3 is 2.20 bits per heavy atom. The summed E-state index contributed by atoms with van der Waals surface area (Å²) in [7, 11) is 0. The SMILES string of the molecule is CC(C)OC(=O)c1cc(O)c([OH2+])c(O)c1. The molecule has 0 saturated heterocycles. The number of phenols is 2. The third-order valence-electron chi connectivity index (χ3n) is 1.68. The largest absolute Gasteiger partial charge is 0.588 e. The van der Waals surface area contributed by atoms with Gasteiger partial charge in [-0.2, -0.15) is 0 Å². The number of aromatic hydroxyl groups is 2. The lowest BCUT2D eigenvalue weighted by Crippen LogP contribution is -2.11. The highest BCUT2D eigenvalue weighted by molar-refractivity contribution is 5.91. The van der Waals surface area contributed by atoms with E-state index < -0.39 is 23.2 Å². The number of esters is 1. The van der Waals surface area contributed by atoms with E-state index in [0.717, 1.165) is 12.1 Å². The minimum Gasteiger partial charge on any atom is -0.588 e. The van der Waals surface area contributed by atoms with Crippen LogP contribution in [-0.2, 0) is 4.74 Å². The van der Waals surface area contributed by atoms with Gasteiger partial charge >= 0.3 is 11.7 Å². The minimum absolute atomic E-state index is 0.0229. The lowest BCUT2D eigenvalue weighted by Gasteiger charge is -2.08. The summed E-state index contributed by atoms with van der Waals surface area (Å²) in [6, 6.07) is 2.18. The summed E-state index contributed by atoms with van der Waals surface area (Å²) < 4.78 is 4.86. The van der Waals surface area contributed by atoms with Crippen LogP contribution in [0.15, 0.2) is 12.1 Å². The van der Waals surface area contributed by atoms with Gasteiger partial charge in [-0.15, -0.1) is 0 Å². The zero-order valence-corrected chi connectivity index (χ0v) is 8.44. The molecular weight excluding hydrogens is 200 g/mol. The van der Waals surface area contributed by atoms with E-state index >= 15 is 0 Å². The average Bonchev–Trinajstić information content (AvgIpc) is 2.12. The van der Waals surface area contributed by atoms with E-state index in [4.69, 9.17) is 9.84 Å².